The fourth-order valence-electron chi connectivity index (χ4n) is 1.70. The van der Waals surface area contributed by atoms with Crippen molar-refractivity contribution in [1.29, 1.82) is 0 Å². The third-order valence-corrected chi connectivity index (χ3v) is 3.27. The van der Waals surface area contributed by atoms with Crippen LogP contribution in [0.15, 0.2) is 53.4 Å². The Morgan fingerprint density at radius 3 is 2.00 bits per heavy atom. The first-order valence-electron chi connectivity index (χ1n) is 6.56. The van der Waals surface area contributed by atoms with E-state index in [1.54, 1.807) is 11.9 Å². The number of hydrogen-bond acceptors (Lipinski definition) is 2. The first-order chi connectivity index (χ1) is 8.95. The van der Waals surface area contributed by atoms with Crippen molar-refractivity contribution < 1.29 is 0 Å². The van der Waals surface area contributed by atoms with Crippen LogP contribution in [0.4, 0.5) is 5.69 Å². The summed E-state index contributed by atoms with van der Waals surface area (Å²) in [6.07, 6.45) is 0. The molecule has 96 valence electrons. The molecule has 0 atom stereocenters. The van der Waals surface area contributed by atoms with Crippen LogP contribution >= 0.6 is 11.9 Å². The predicted molar refractivity (Wildman–Crippen MR) is 84.1 cm³/mol. The number of rotatable bonds is 0. The maximum Gasteiger partial charge on any atom is 0.0522 e. The zero-order chi connectivity index (χ0) is 13.4. The Hall–Kier alpha value is -1.41. The molecule has 0 unspecified atom stereocenters. The molecule has 0 saturated carbocycles. The quantitative estimate of drug-likeness (QED) is 0.597. The second-order valence-corrected chi connectivity index (χ2v) is 4.09. The van der Waals surface area contributed by atoms with Gasteiger partial charge in [-0.25, -0.2) is 0 Å². The number of benzene rings is 2. The van der Waals surface area contributed by atoms with Gasteiger partial charge in [0.15, 0.2) is 0 Å². The molecule has 0 aromatic heterocycles. The molecule has 0 saturated heterocycles. The molecule has 1 heterocycles. The van der Waals surface area contributed by atoms with E-state index in [1.165, 1.54) is 21.7 Å². The minimum absolute atomic E-state index is 1.20. The molecule has 0 radical (unpaired) electrons. The summed E-state index contributed by atoms with van der Waals surface area (Å²) in [4.78, 5) is 1.30. The van der Waals surface area contributed by atoms with Crippen molar-refractivity contribution in [3.63, 3.8) is 0 Å². The maximum absolute atomic E-state index is 3.34. The van der Waals surface area contributed by atoms with Crippen LogP contribution in [0.25, 0.3) is 11.1 Å². The van der Waals surface area contributed by atoms with Gasteiger partial charge < -0.3 is 4.72 Å². The number of nitrogens with one attached hydrogen (secondary N) is 1. The molecule has 18 heavy (non-hydrogen) atoms. The van der Waals surface area contributed by atoms with Crippen LogP contribution < -0.4 is 4.72 Å². The Kier molecular flexibility index (Phi) is 6.37. The molecule has 1 nitrogen and oxygen atoms in total. The average molecular weight is 259 g/mol. The number of fused-ring (bicyclic) bond motifs is 3. The van der Waals surface area contributed by atoms with Crippen molar-refractivity contribution in [3.8, 4) is 11.1 Å². The van der Waals surface area contributed by atoms with Gasteiger partial charge in [0.25, 0.3) is 0 Å². The third kappa shape index (κ3) is 3.08. The Balaban J connectivity index is 0.000000371. The monoisotopic (exact) mass is 259 g/mol. The van der Waals surface area contributed by atoms with Crippen LogP contribution in [-0.4, -0.2) is 0 Å². The van der Waals surface area contributed by atoms with Gasteiger partial charge in [-0.15, -0.1) is 0 Å². The fraction of sp³-hybridized carbons (Fsp3) is 0.250. The third-order valence-electron chi connectivity index (χ3n) is 2.38. The zero-order valence-corrected chi connectivity index (χ0v) is 12.3. The van der Waals surface area contributed by atoms with Crippen molar-refractivity contribution in [3.05, 3.63) is 48.5 Å². The Morgan fingerprint density at radius 2 is 1.28 bits per heavy atom. The molecule has 2 aromatic rings. The van der Waals surface area contributed by atoms with Gasteiger partial charge in [0.05, 0.1) is 5.69 Å². The highest BCUT2D eigenvalue weighted by atomic mass is 32.2. The molecule has 3 rings (SSSR count). The first kappa shape index (κ1) is 14.7. The lowest BCUT2D eigenvalue weighted by Crippen LogP contribution is -1.97. The molecule has 2 heteroatoms. The lowest BCUT2D eigenvalue weighted by molar-refractivity contribution is 1.42. The van der Waals surface area contributed by atoms with Crippen molar-refractivity contribution in [1.82, 2.24) is 0 Å². The summed E-state index contributed by atoms with van der Waals surface area (Å²) >= 11 is 1.68. The lowest BCUT2D eigenvalue weighted by Gasteiger charge is -2.19. The van der Waals surface area contributed by atoms with Crippen LogP contribution in [0.1, 0.15) is 27.7 Å². The number of hydrogen-bond donors (Lipinski definition) is 1. The summed E-state index contributed by atoms with van der Waals surface area (Å²) in [5.41, 5.74) is 3.82. The molecule has 1 N–H and O–H groups in total. The van der Waals surface area contributed by atoms with Gasteiger partial charge in [-0.2, -0.15) is 0 Å². The van der Waals surface area contributed by atoms with Gasteiger partial charge >= 0.3 is 0 Å². The summed E-state index contributed by atoms with van der Waals surface area (Å²) in [5.74, 6) is 0. The second-order valence-electron chi connectivity index (χ2n) is 3.25. The molecule has 0 aliphatic carbocycles. The van der Waals surface area contributed by atoms with E-state index < -0.39 is 0 Å². The Morgan fingerprint density at radius 1 is 0.722 bits per heavy atom. The first-order valence-corrected chi connectivity index (χ1v) is 7.38. The van der Waals surface area contributed by atoms with Gasteiger partial charge in [-0.3, -0.25) is 0 Å². The molecule has 2 aromatic carbocycles. The van der Waals surface area contributed by atoms with Crippen LogP contribution in [0.3, 0.4) is 0 Å². The summed E-state index contributed by atoms with van der Waals surface area (Å²) < 4.78 is 3.34. The summed E-state index contributed by atoms with van der Waals surface area (Å²) in [5, 5.41) is 0. The molecular formula is C16H21NS. The minimum Gasteiger partial charge on any atom is -0.325 e. The smallest absolute Gasteiger partial charge is 0.0522 e. The van der Waals surface area contributed by atoms with Crippen LogP contribution in [0, 0.1) is 0 Å². The molecule has 0 bridgehead atoms. The molecule has 0 fully saturated rings. The van der Waals surface area contributed by atoms with Gasteiger partial charge in [-0.05, 0) is 29.6 Å². The minimum atomic E-state index is 1.20. The van der Waals surface area contributed by atoms with Crippen LogP contribution in [0.2, 0.25) is 0 Å². The molecule has 1 aliphatic rings. The maximum atomic E-state index is 3.34. The van der Waals surface area contributed by atoms with E-state index in [1.807, 2.05) is 27.7 Å². The topological polar surface area (TPSA) is 12.0 Å². The SMILES string of the molecule is CC.CC.c1ccc2c(c1)NSc1ccccc1-2. The van der Waals surface area contributed by atoms with Gasteiger partial charge in [0.1, 0.15) is 0 Å². The normalized spacial score (nSPS) is 10.4. The van der Waals surface area contributed by atoms with Crippen molar-refractivity contribution >= 4 is 17.6 Å². The van der Waals surface area contributed by atoms with Crippen LogP contribution in [-0.2, 0) is 0 Å². The summed E-state index contributed by atoms with van der Waals surface area (Å²) in [6.45, 7) is 8.00. The average Bonchev–Trinajstić information content (AvgIpc) is 2.51. The van der Waals surface area contributed by atoms with E-state index in [9.17, 15) is 0 Å². The van der Waals surface area contributed by atoms with E-state index in [0.717, 1.165) is 0 Å². The van der Waals surface area contributed by atoms with E-state index >= 15 is 0 Å². The summed E-state index contributed by atoms with van der Waals surface area (Å²) in [6, 6.07) is 16.9. The lowest BCUT2D eigenvalue weighted by atomic mass is 10.0. The molecule has 0 amide bonds. The zero-order valence-electron chi connectivity index (χ0n) is 11.5. The highest BCUT2D eigenvalue weighted by Gasteiger charge is 2.14. The van der Waals surface area contributed by atoms with Gasteiger partial charge in [0.2, 0.25) is 0 Å². The number of anilines is 1. The molecule has 0 spiro atoms. The second kappa shape index (κ2) is 7.83. The molecule has 1 aliphatic heterocycles. The van der Waals surface area contributed by atoms with Gasteiger partial charge in [0, 0.05) is 10.5 Å². The fourth-order valence-corrected chi connectivity index (χ4v) is 2.53. The van der Waals surface area contributed by atoms with E-state index in [0.29, 0.717) is 0 Å². The van der Waals surface area contributed by atoms with Gasteiger partial charge in [-0.1, -0.05) is 64.1 Å². The highest BCUT2D eigenvalue weighted by Crippen LogP contribution is 2.41. The van der Waals surface area contributed by atoms with E-state index in [2.05, 4.69) is 53.3 Å². The Bertz CT molecular complexity index is 435. The Labute approximate surface area is 115 Å². The van der Waals surface area contributed by atoms with E-state index in [4.69, 9.17) is 0 Å². The summed E-state index contributed by atoms with van der Waals surface area (Å²) in [7, 11) is 0. The largest absolute Gasteiger partial charge is 0.325 e. The predicted octanol–water partition coefficient (Wildman–Crippen LogP) is 5.84. The van der Waals surface area contributed by atoms with Crippen molar-refractivity contribution in [2.24, 2.45) is 0 Å². The highest BCUT2D eigenvalue weighted by molar-refractivity contribution is 8.00. The standard InChI is InChI=1S/C12H9NS.2C2H6/c1-3-7-11-9(5-1)10-6-2-4-8-12(10)14-13-11;2*1-2/h1-8,13H;2*1-2H3. The van der Waals surface area contributed by atoms with Crippen LogP contribution in [0.5, 0.6) is 0 Å². The number of para-hydroxylation sites is 1. The van der Waals surface area contributed by atoms with E-state index in [-0.39, 0.29) is 0 Å². The van der Waals surface area contributed by atoms with Crippen molar-refractivity contribution in [2.75, 3.05) is 4.72 Å². The van der Waals surface area contributed by atoms with Crippen molar-refractivity contribution in [2.45, 2.75) is 32.6 Å². The molecular weight excluding hydrogens is 238 g/mol.